The predicted molar refractivity (Wildman–Crippen MR) is 86.0 cm³/mol. The molecule has 1 aromatic heterocycles. The summed E-state index contributed by atoms with van der Waals surface area (Å²) in [6.45, 7) is 8.84. The number of hydrogen-bond acceptors (Lipinski definition) is 3. The molecule has 0 radical (unpaired) electrons. The summed E-state index contributed by atoms with van der Waals surface area (Å²) in [7, 11) is 0. The molecule has 1 aromatic carbocycles. The van der Waals surface area contributed by atoms with Gasteiger partial charge in [0.2, 0.25) is 0 Å². The summed E-state index contributed by atoms with van der Waals surface area (Å²) in [5.74, 6) is 0.896. The molecule has 0 bridgehead atoms. The van der Waals surface area contributed by atoms with Crippen LogP contribution >= 0.6 is 0 Å². The first kappa shape index (κ1) is 12.8. The Kier molecular flexibility index (Phi) is 2.48. The van der Waals surface area contributed by atoms with Gasteiger partial charge >= 0.3 is 0 Å². The van der Waals surface area contributed by atoms with E-state index in [1.165, 1.54) is 23.8 Å². The molecule has 2 heterocycles. The summed E-state index contributed by atoms with van der Waals surface area (Å²) in [6.07, 6.45) is 6.45. The van der Waals surface area contributed by atoms with Gasteiger partial charge in [0.05, 0.1) is 17.6 Å². The maximum Gasteiger partial charge on any atom is 0.141 e. The summed E-state index contributed by atoms with van der Waals surface area (Å²) in [5.41, 5.74) is 3.83. The van der Waals surface area contributed by atoms with Crippen molar-refractivity contribution < 1.29 is 4.42 Å². The van der Waals surface area contributed by atoms with Crippen LogP contribution < -0.4 is 10.6 Å². The van der Waals surface area contributed by atoms with E-state index in [4.69, 9.17) is 4.42 Å². The molecule has 0 unspecified atom stereocenters. The average Bonchev–Trinajstić information content (AvgIpc) is 2.90. The van der Waals surface area contributed by atoms with E-state index in [-0.39, 0.29) is 5.54 Å². The molecule has 1 spiro atoms. The Hall–Kier alpha value is -1.90. The summed E-state index contributed by atoms with van der Waals surface area (Å²) in [6, 6.07) is 6.31. The molecular formula is C18H22N2O. The van der Waals surface area contributed by atoms with Crippen molar-refractivity contribution in [2.75, 3.05) is 5.32 Å². The largest absolute Gasteiger partial charge is 0.464 e. The minimum Gasteiger partial charge on any atom is -0.464 e. The van der Waals surface area contributed by atoms with Crippen molar-refractivity contribution in [1.29, 1.82) is 0 Å². The van der Waals surface area contributed by atoms with Gasteiger partial charge in [-0.25, -0.2) is 0 Å². The van der Waals surface area contributed by atoms with E-state index in [2.05, 4.69) is 43.2 Å². The first-order valence-electron chi connectivity index (χ1n) is 7.74. The second-order valence-electron chi connectivity index (χ2n) is 7.30. The molecule has 0 atom stereocenters. The summed E-state index contributed by atoms with van der Waals surface area (Å²) in [4.78, 5) is 0. The van der Waals surface area contributed by atoms with Crippen LogP contribution in [0.4, 0.5) is 5.69 Å². The van der Waals surface area contributed by atoms with Crippen LogP contribution in [0.15, 0.2) is 41.3 Å². The maximum atomic E-state index is 5.82. The van der Waals surface area contributed by atoms with Crippen LogP contribution in [0.5, 0.6) is 0 Å². The van der Waals surface area contributed by atoms with Crippen molar-refractivity contribution in [2.45, 2.75) is 45.1 Å². The van der Waals surface area contributed by atoms with Crippen LogP contribution in [0.2, 0.25) is 0 Å². The maximum absolute atomic E-state index is 5.82. The molecule has 110 valence electrons. The van der Waals surface area contributed by atoms with Crippen molar-refractivity contribution in [1.82, 2.24) is 5.32 Å². The van der Waals surface area contributed by atoms with E-state index in [1.54, 1.807) is 6.26 Å². The van der Waals surface area contributed by atoms with Gasteiger partial charge in [0.15, 0.2) is 0 Å². The zero-order valence-corrected chi connectivity index (χ0v) is 12.8. The first-order chi connectivity index (χ1) is 9.99. The molecule has 1 aliphatic carbocycles. The minimum absolute atomic E-state index is 0.0372. The van der Waals surface area contributed by atoms with Gasteiger partial charge in [0, 0.05) is 16.6 Å². The van der Waals surface area contributed by atoms with Crippen LogP contribution in [0.3, 0.4) is 0 Å². The molecule has 3 heteroatoms. The lowest BCUT2D eigenvalue weighted by Gasteiger charge is -2.48. The Balaban J connectivity index is 1.90. The lowest BCUT2D eigenvalue weighted by atomic mass is 9.66. The second-order valence-corrected chi connectivity index (χ2v) is 7.30. The molecule has 21 heavy (non-hydrogen) atoms. The third kappa shape index (κ3) is 1.87. The van der Waals surface area contributed by atoms with Gasteiger partial charge < -0.3 is 15.1 Å². The highest BCUT2D eigenvalue weighted by molar-refractivity contribution is 5.88. The van der Waals surface area contributed by atoms with E-state index in [0.717, 1.165) is 29.9 Å². The molecular weight excluding hydrogens is 260 g/mol. The van der Waals surface area contributed by atoms with E-state index < -0.39 is 0 Å². The number of fused-ring (bicyclic) bond motifs is 4. The molecule has 1 saturated carbocycles. The van der Waals surface area contributed by atoms with Gasteiger partial charge in [-0.1, -0.05) is 20.4 Å². The third-order valence-electron chi connectivity index (χ3n) is 5.23. The molecule has 0 amide bonds. The summed E-state index contributed by atoms with van der Waals surface area (Å²) < 4.78 is 5.82. The molecule has 1 aliphatic heterocycles. The van der Waals surface area contributed by atoms with Crippen LogP contribution in [-0.4, -0.2) is 0 Å². The van der Waals surface area contributed by atoms with Crippen molar-refractivity contribution in [3.8, 4) is 0 Å². The van der Waals surface area contributed by atoms with Gasteiger partial charge in [-0.15, -0.1) is 0 Å². The number of benzene rings is 1. The SMILES string of the molecule is C=C1Nc2ccc3ccoc3c2C2(CCC(C)(C)CC2)N1. The lowest BCUT2D eigenvalue weighted by Crippen LogP contribution is -2.50. The molecule has 2 aliphatic rings. The van der Waals surface area contributed by atoms with Crippen molar-refractivity contribution in [3.05, 3.63) is 42.4 Å². The Morgan fingerprint density at radius 3 is 2.62 bits per heavy atom. The van der Waals surface area contributed by atoms with Crippen molar-refractivity contribution >= 4 is 16.7 Å². The number of hydrogen-bond donors (Lipinski definition) is 2. The van der Waals surface area contributed by atoms with Crippen LogP contribution in [-0.2, 0) is 5.54 Å². The average molecular weight is 282 g/mol. The molecule has 4 rings (SSSR count). The summed E-state index contributed by atoms with van der Waals surface area (Å²) >= 11 is 0. The Labute approximate surface area is 125 Å². The third-order valence-corrected chi connectivity index (χ3v) is 5.23. The number of rotatable bonds is 0. The fraction of sp³-hybridized carbons (Fsp3) is 0.444. The fourth-order valence-corrected chi connectivity index (χ4v) is 3.89. The highest BCUT2D eigenvalue weighted by Gasteiger charge is 2.44. The fourth-order valence-electron chi connectivity index (χ4n) is 3.89. The highest BCUT2D eigenvalue weighted by Crippen LogP contribution is 2.50. The Bertz CT molecular complexity index is 716. The van der Waals surface area contributed by atoms with E-state index in [9.17, 15) is 0 Å². The quantitative estimate of drug-likeness (QED) is 0.734. The van der Waals surface area contributed by atoms with Gasteiger partial charge in [0.25, 0.3) is 0 Å². The van der Waals surface area contributed by atoms with Crippen molar-refractivity contribution in [2.24, 2.45) is 5.41 Å². The summed E-state index contributed by atoms with van der Waals surface area (Å²) in [5, 5.41) is 8.19. The van der Waals surface area contributed by atoms with E-state index in [1.807, 2.05) is 6.07 Å². The number of anilines is 1. The Morgan fingerprint density at radius 1 is 1.10 bits per heavy atom. The molecule has 2 aromatic rings. The second kappa shape index (κ2) is 4.06. The van der Waals surface area contributed by atoms with Crippen LogP contribution in [0.25, 0.3) is 11.0 Å². The highest BCUT2D eigenvalue weighted by atomic mass is 16.3. The van der Waals surface area contributed by atoms with Gasteiger partial charge in [0.1, 0.15) is 5.58 Å². The van der Waals surface area contributed by atoms with Crippen molar-refractivity contribution in [3.63, 3.8) is 0 Å². The topological polar surface area (TPSA) is 37.2 Å². The predicted octanol–water partition coefficient (Wildman–Crippen LogP) is 4.71. The number of nitrogens with one attached hydrogen (secondary N) is 2. The normalized spacial score (nSPS) is 22.7. The zero-order chi connectivity index (χ0) is 14.7. The van der Waals surface area contributed by atoms with Gasteiger partial charge in [-0.2, -0.15) is 0 Å². The molecule has 0 saturated heterocycles. The molecule has 3 nitrogen and oxygen atoms in total. The zero-order valence-electron chi connectivity index (χ0n) is 12.8. The standard InChI is InChI=1S/C18H22N2O/c1-12-19-14-5-4-13-6-11-21-16(13)15(14)18(20-12)9-7-17(2,3)8-10-18/h4-6,11,19-20H,1,7-10H2,2-3H3. The first-order valence-corrected chi connectivity index (χ1v) is 7.74. The minimum atomic E-state index is -0.0372. The van der Waals surface area contributed by atoms with Gasteiger partial charge in [-0.05, 0) is 49.3 Å². The van der Waals surface area contributed by atoms with E-state index in [0.29, 0.717) is 5.41 Å². The molecule has 1 fully saturated rings. The monoisotopic (exact) mass is 282 g/mol. The number of furan rings is 1. The Morgan fingerprint density at radius 2 is 1.86 bits per heavy atom. The smallest absolute Gasteiger partial charge is 0.141 e. The van der Waals surface area contributed by atoms with Crippen LogP contribution in [0, 0.1) is 5.41 Å². The lowest BCUT2D eigenvalue weighted by molar-refractivity contribution is 0.142. The molecule has 2 N–H and O–H groups in total. The van der Waals surface area contributed by atoms with Crippen LogP contribution in [0.1, 0.15) is 45.1 Å². The van der Waals surface area contributed by atoms with Gasteiger partial charge in [-0.3, -0.25) is 0 Å². The van der Waals surface area contributed by atoms with E-state index >= 15 is 0 Å².